The first kappa shape index (κ1) is 11.1. The van der Waals surface area contributed by atoms with E-state index in [1.54, 1.807) is 0 Å². The predicted molar refractivity (Wildman–Crippen MR) is 59.5 cm³/mol. The molecule has 14 heavy (non-hydrogen) atoms. The summed E-state index contributed by atoms with van der Waals surface area (Å²) in [5, 5.41) is 0. The lowest BCUT2D eigenvalue weighted by Gasteiger charge is -2.12. The van der Waals surface area contributed by atoms with Crippen molar-refractivity contribution in [3.63, 3.8) is 0 Å². The summed E-state index contributed by atoms with van der Waals surface area (Å²) in [7, 11) is 0. The fourth-order valence-corrected chi connectivity index (χ4v) is 1.43. The second-order valence-electron chi connectivity index (χ2n) is 3.59. The molecule has 0 saturated heterocycles. The van der Waals surface area contributed by atoms with E-state index >= 15 is 0 Å². The van der Waals surface area contributed by atoms with Gasteiger partial charge >= 0.3 is 0 Å². The molecule has 0 aliphatic rings. The number of para-hydroxylation sites is 1. The molecular formula is C12H19NO. The summed E-state index contributed by atoms with van der Waals surface area (Å²) in [6, 6.07) is 8.17. The van der Waals surface area contributed by atoms with Gasteiger partial charge in [0.15, 0.2) is 0 Å². The summed E-state index contributed by atoms with van der Waals surface area (Å²) in [5.41, 5.74) is 6.86. The number of benzene rings is 1. The second kappa shape index (κ2) is 5.66. The first-order valence-corrected chi connectivity index (χ1v) is 5.18. The van der Waals surface area contributed by atoms with Crippen LogP contribution in [0.3, 0.4) is 0 Å². The van der Waals surface area contributed by atoms with Crippen molar-refractivity contribution in [2.75, 3.05) is 13.2 Å². The number of nitrogens with two attached hydrogens (primary N) is 1. The number of hydrogen-bond donors (Lipinski definition) is 1. The predicted octanol–water partition coefficient (Wildman–Crippen LogP) is 2.22. The van der Waals surface area contributed by atoms with Crippen molar-refractivity contribution in [3.05, 3.63) is 29.8 Å². The molecule has 0 spiro atoms. The van der Waals surface area contributed by atoms with E-state index in [1.807, 2.05) is 25.1 Å². The summed E-state index contributed by atoms with van der Waals surface area (Å²) >= 11 is 0. The van der Waals surface area contributed by atoms with E-state index < -0.39 is 0 Å². The maximum atomic E-state index is 5.60. The molecule has 1 aromatic rings. The zero-order valence-corrected chi connectivity index (χ0v) is 8.99. The van der Waals surface area contributed by atoms with E-state index in [0.29, 0.717) is 12.5 Å². The largest absolute Gasteiger partial charge is 0.494 e. The minimum atomic E-state index is 0.511. The third-order valence-corrected chi connectivity index (χ3v) is 2.24. The molecule has 0 amide bonds. The maximum Gasteiger partial charge on any atom is 0.122 e. The molecule has 1 rings (SSSR count). The van der Waals surface area contributed by atoms with Crippen LogP contribution >= 0.6 is 0 Å². The topological polar surface area (TPSA) is 35.2 Å². The Labute approximate surface area is 86.1 Å². The molecule has 1 aromatic carbocycles. The summed E-state index contributed by atoms with van der Waals surface area (Å²) in [4.78, 5) is 0. The highest BCUT2D eigenvalue weighted by molar-refractivity contribution is 5.33. The van der Waals surface area contributed by atoms with Crippen LogP contribution in [0.25, 0.3) is 0 Å². The van der Waals surface area contributed by atoms with Crippen molar-refractivity contribution < 1.29 is 4.74 Å². The molecule has 0 bridgehead atoms. The Morgan fingerprint density at radius 1 is 1.36 bits per heavy atom. The Kier molecular flexibility index (Phi) is 4.47. The van der Waals surface area contributed by atoms with Gasteiger partial charge in [-0.2, -0.15) is 0 Å². The van der Waals surface area contributed by atoms with Gasteiger partial charge in [0.25, 0.3) is 0 Å². The summed E-state index contributed by atoms with van der Waals surface area (Å²) in [6.07, 6.45) is 0.993. The van der Waals surface area contributed by atoms with E-state index in [1.165, 1.54) is 5.56 Å². The monoisotopic (exact) mass is 193 g/mol. The molecule has 1 unspecified atom stereocenters. The zero-order chi connectivity index (χ0) is 10.4. The second-order valence-corrected chi connectivity index (χ2v) is 3.59. The van der Waals surface area contributed by atoms with E-state index in [4.69, 9.17) is 10.5 Å². The fraction of sp³-hybridized carbons (Fsp3) is 0.500. The molecule has 1 atom stereocenters. The molecule has 0 fully saturated rings. The molecule has 0 aliphatic heterocycles. The van der Waals surface area contributed by atoms with Crippen molar-refractivity contribution in [2.24, 2.45) is 11.7 Å². The average molecular weight is 193 g/mol. The smallest absolute Gasteiger partial charge is 0.122 e. The van der Waals surface area contributed by atoms with Crippen LogP contribution in [-0.2, 0) is 6.42 Å². The molecule has 2 N–H and O–H groups in total. The van der Waals surface area contributed by atoms with Crippen molar-refractivity contribution >= 4 is 0 Å². The molecular weight excluding hydrogens is 174 g/mol. The minimum absolute atomic E-state index is 0.511. The number of hydrogen-bond acceptors (Lipinski definition) is 2. The van der Waals surface area contributed by atoms with Crippen molar-refractivity contribution in [2.45, 2.75) is 20.3 Å². The van der Waals surface area contributed by atoms with Gasteiger partial charge in [-0.05, 0) is 37.4 Å². The highest BCUT2D eigenvalue weighted by Gasteiger charge is 2.06. The molecule has 78 valence electrons. The molecule has 0 aromatic heterocycles. The van der Waals surface area contributed by atoms with Crippen molar-refractivity contribution in [3.8, 4) is 5.75 Å². The lowest BCUT2D eigenvalue weighted by molar-refractivity contribution is 0.334. The highest BCUT2D eigenvalue weighted by atomic mass is 16.5. The van der Waals surface area contributed by atoms with Crippen molar-refractivity contribution in [1.82, 2.24) is 0 Å². The van der Waals surface area contributed by atoms with Crippen LogP contribution in [0.2, 0.25) is 0 Å². The van der Waals surface area contributed by atoms with Crippen molar-refractivity contribution in [1.29, 1.82) is 0 Å². The first-order valence-electron chi connectivity index (χ1n) is 5.18. The zero-order valence-electron chi connectivity index (χ0n) is 8.99. The van der Waals surface area contributed by atoms with Gasteiger partial charge < -0.3 is 10.5 Å². The van der Waals surface area contributed by atoms with Gasteiger partial charge in [0.2, 0.25) is 0 Å². The SMILES string of the molecule is CCOc1ccccc1CC(C)CN. The molecule has 2 heteroatoms. The summed E-state index contributed by atoms with van der Waals surface area (Å²) < 4.78 is 5.54. The quantitative estimate of drug-likeness (QED) is 0.778. The summed E-state index contributed by atoms with van der Waals surface area (Å²) in [5.74, 6) is 1.51. The third kappa shape index (κ3) is 3.04. The number of rotatable bonds is 5. The van der Waals surface area contributed by atoms with E-state index in [2.05, 4.69) is 13.0 Å². The van der Waals surface area contributed by atoms with Crippen LogP contribution < -0.4 is 10.5 Å². The van der Waals surface area contributed by atoms with Crippen LogP contribution in [0.1, 0.15) is 19.4 Å². The Bertz CT molecular complexity index is 273. The normalized spacial score (nSPS) is 12.5. The fourth-order valence-electron chi connectivity index (χ4n) is 1.43. The van der Waals surface area contributed by atoms with Gasteiger partial charge in [-0.3, -0.25) is 0 Å². The van der Waals surface area contributed by atoms with Gasteiger partial charge in [0.1, 0.15) is 5.75 Å². The van der Waals surface area contributed by atoms with Crippen LogP contribution in [-0.4, -0.2) is 13.2 Å². The standard InChI is InChI=1S/C12H19NO/c1-3-14-12-7-5-4-6-11(12)8-10(2)9-13/h4-7,10H,3,8-9,13H2,1-2H3. The molecule has 0 aliphatic carbocycles. The van der Waals surface area contributed by atoms with Crippen LogP contribution in [0.15, 0.2) is 24.3 Å². The van der Waals surface area contributed by atoms with Gasteiger partial charge in [-0.25, -0.2) is 0 Å². The first-order chi connectivity index (χ1) is 6.77. The average Bonchev–Trinajstić information content (AvgIpc) is 2.21. The van der Waals surface area contributed by atoms with Gasteiger partial charge in [-0.1, -0.05) is 25.1 Å². The Morgan fingerprint density at radius 2 is 2.07 bits per heavy atom. The van der Waals surface area contributed by atoms with E-state index in [-0.39, 0.29) is 0 Å². The van der Waals surface area contributed by atoms with Gasteiger partial charge in [0, 0.05) is 0 Å². The maximum absolute atomic E-state index is 5.60. The molecule has 2 nitrogen and oxygen atoms in total. The lowest BCUT2D eigenvalue weighted by Crippen LogP contribution is -2.13. The van der Waals surface area contributed by atoms with E-state index in [9.17, 15) is 0 Å². The Morgan fingerprint density at radius 3 is 2.71 bits per heavy atom. The van der Waals surface area contributed by atoms with Crippen LogP contribution in [0.5, 0.6) is 5.75 Å². The molecule has 0 radical (unpaired) electrons. The highest BCUT2D eigenvalue weighted by Crippen LogP contribution is 2.20. The van der Waals surface area contributed by atoms with Gasteiger partial charge in [-0.15, -0.1) is 0 Å². The van der Waals surface area contributed by atoms with Gasteiger partial charge in [0.05, 0.1) is 6.61 Å². The van der Waals surface area contributed by atoms with Crippen LogP contribution in [0.4, 0.5) is 0 Å². The third-order valence-electron chi connectivity index (χ3n) is 2.24. The molecule has 0 heterocycles. The Hall–Kier alpha value is -1.02. The minimum Gasteiger partial charge on any atom is -0.494 e. The van der Waals surface area contributed by atoms with Crippen LogP contribution in [0, 0.1) is 5.92 Å². The Balaban J connectivity index is 2.73. The van der Waals surface area contributed by atoms with E-state index in [0.717, 1.165) is 18.7 Å². The number of ether oxygens (including phenoxy) is 1. The molecule has 0 saturated carbocycles. The lowest BCUT2D eigenvalue weighted by atomic mass is 10.0. The summed E-state index contributed by atoms with van der Waals surface area (Å²) in [6.45, 7) is 5.60.